The lowest BCUT2D eigenvalue weighted by atomic mass is 9.96. The number of carbonyl (C=O) groups excluding carboxylic acids is 2. The minimum atomic E-state index is -0.892. The maximum Gasteiger partial charge on any atom is 0.305 e. The van der Waals surface area contributed by atoms with Gasteiger partial charge in [0.15, 0.2) is 6.23 Å². The number of amides is 1. The average Bonchev–Trinajstić information content (AvgIpc) is 3.14. The summed E-state index contributed by atoms with van der Waals surface area (Å²) in [6.07, 6.45) is -2.96. The Hall–Kier alpha value is -4.38. The first-order chi connectivity index (χ1) is 24.1. The zero-order valence-electron chi connectivity index (χ0n) is 27.9. The first kappa shape index (κ1) is 35.9. The molecule has 9 nitrogen and oxygen atoms in total. The SMILES string of the molecule is COC(=O)CCCC(=O)N[C@H]1O[C@H](COCc2ccccc2)[C@@H](OCc2ccccc2)[C@H](OCc2ccccc2)[C@H]1OCc1ccccc1. The maximum absolute atomic E-state index is 13.3. The largest absolute Gasteiger partial charge is 0.469 e. The number of hydrogen-bond donors (Lipinski definition) is 1. The summed E-state index contributed by atoms with van der Waals surface area (Å²) in [7, 11) is 1.33. The van der Waals surface area contributed by atoms with E-state index in [9.17, 15) is 9.59 Å². The van der Waals surface area contributed by atoms with Crippen LogP contribution in [0.1, 0.15) is 41.5 Å². The Labute approximate surface area is 288 Å². The molecule has 1 aliphatic heterocycles. The number of methoxy groups -OCH3 is 1. The third-order valence-corrected chi connectivity index (χ3v) is 8.20. The molecule has 0 radical (unpaired) electrons. The van der Waals surface area contributed by atoms with E-state index in [2.05, 4.69) is 5.32 Å². The van der Waals surface area contributed by atoms with Gasteiger partial charge in [0.05, 0.1) is 40.1 Å². The van der Waals surface area contributed by atoms with Gasteiger partial charge in [0.1, 0.15) is 24.4 Å². The number of hydrogen-bond acceptors (Lipinski definition) is 8. The third-order valence-electron chi connectivity index (χ3n) is 8.20. The first-order valence-corrected chi connectivity index (χ1v) is 16.7. The standard InChI is InChI=1S/C40H45NO8/c1-44-36(43)24-14-23-35(42)41-40-39(48-28-33-21-12-5-13-22-33)38(47-27-32-19-10-4-11-20-32)37(46-26-31-17-8-3-9-18-31)34(49-40)29-45-25-30-15-6-2-7-16-30/h2-13,15-22,34,37-40H,14,23-29H2,1H3,(H,41,42)/t34-,37-,38+,39-,40+/m1/s1. The fourth-order valence-electron chi connectivity index (χ4n) is 5.63. The molecule has 4 aromatic rings. The maximum atomic E-state index is 13.3. The van der Waals surface area contributed by atoms with Gasteiger partial charge in [-0.15, -0.1) is 0 Å². The molecule has 5 rings (SSSR count). The van der Waals surface area contributed by atoms with Crippen molar-refractivity contribution in [2.24, 2.45) is 0 Å². The van der Waals surface area contributed by atoms with Gasteiger partial charge >= 0.3 is 5.97 Å². The minimum absolute atomic E-state index is 0.110. The summed E-state index contributed by atoms with van der Waals surface area (Å²) in [6.45, 7) is 1.42. The highest BCUT2D eigenvalue weighted by Crippen LogP contribution is 2.30. The molecule has 5 atom stereocenters. The van der Waals surface area contributed by atoms with Crippen LogP contribution < -0.4 is 5.32 Å². The Morgan fingerprint density at radius 2 is 1.04 bits per heavy atom. The first-order valence-electron chi connectivity index (χ1n) is 16.7. The van der Waals surface area contributed by atoms with Crippen LogP contribution in [-0.4, -0.2) is 56.2 Å². The van der Waals surface area contributed by atoms with Crippen LogP contribution in [0.2, 0.25) is 0 Å². The highest BCUT2D eigenvalue weighted by atomic mass is 16.6. The second-order valence-corrected chi connectivity index (χ2v) is 11.9. The summed E-state index contributed by atoms with van der Waals surface area (Å²) in [5, 5.41) is 3.03. The van der Waals surface area contributed by atoms with Gasteiger partial charge in [-0.3, -0.25) is 9.59 Å². The van der Waals surface area contributed by atoms with Gasteiger partial charge in [0, 0.05) is 12.8 Å². The molecule has 0 spiro atoms. The van der Waals surface area contributed by atoms with Crippen molar-refractivity contribution in [1.82, 2.24) is 5.32 Å². The zero-order chi connectivity index (χ0) is 34.1. The van der Waals surface area contributed by atoms with Gasteiger partial charge in [0.25, 0.3) is 0 Å². The molecule has 0 unspecified atom stereocenters. The van der Waals surface area contributed by atoms with Gasteiger partial charge in [0.2, 0.25) is 5.91 Å². The zero-order valence-corrected chi connectivity index (χ0v) is 27.9. The van der Waals surface area contributed by atoms with Crippen LogP contribution in [0.25, 0.3) is 0 Å². The summed E-state index contributed by atoms with van der Waals surface area (Å²) < 4.78 is 37.5. The fraction of sp³-hybridized carbons (Fsp3) is 0.350. The Kier molecular flexibility index (Phi) is 14.3. The van der Waals surface area contributed by atoms with Crippen LogP contribution in [0.4, 0.5) is 0 Å². The number of ether oxygens (including phenoxy) is 6. The van der Waals surface area contributed by atoms with Gasteiger partial charge in [-0.2, -0.15) is 0 Å². The van der Waals surface area contributed by atoms with Crippen molar-refractivity contribution in [2.45, 2.75) is 76.3 Å². The molecule has 0 bridgehead atoms. The van der Waals surface area contributed by atoms with Crippen LogP contribution in [0.5, 0.6) is 0 Å². The van der Waals surface area contributed by atoms with Crippen LogP contribution in [0, 0.1) is 0 Å². The molecule has 1 N–H and O–H groups in total. The van der Waals surface area contributed by atoms with E-state index in [1.165, 1.54) is 7.11 Å². The minimum Gasteiger partial charge on any atom is -0.469 e. The number of nitrogens with one attached hydrogen (secondary N) is 1. The molecule has 258 valence electrons. The molecule has 1 aliphatic rings. The smallest absolute Gasteiger partial charge is 0.305 e. The normalized spacial score (nSPS) is 20.4. The van der Waals surface area contributed by atoms with Crippen molar-refractivity contribution in [1.29, 1.82) is 0 Å². The van der Waals surface area contributed by atoms with E-state index in [0.29, 0.717) is 26.2 Å². The predicted octanol–water partition coefficient (Wildman–Crippen LogP) is 6.14. The second-order valence-electron chi connectivity index (χ2n) is 11.9. The highest BCUT2D eigenvalue weighted by molar-refractivity contribution is 5.77. The van der Waals surface area contributed by atoms with Crippen LogP contribution >= 0.6 is 0 Å². The fourth-order valence-corrected chi connectivity index (χ4v) is 5.63. The average molecular weight is 668 g/mol. The van der Waals surface area contributed by atoms with E-state index in [1.54, 1.807) is 0 Å². The third kappa shape index (κ3) is 11.6. The lowest BCUT2D eigenvalue weighted by Gasteiger charge is -2.46. The van der Waals surface area contributed by atoms with Crippen molar-refractivity contribution in [3.63, 3.8) is 0 Å². The van der Waals surface area contributed by atoms with E-state index in [0.717, 1.165) is 22.3 Å². The highest BCUT2D eigenvalue weighted by Gasteiger charge is 2.49. The number of rotatable bonds is 18. The molecular formula is C40H45NO8. The van der Waals surface area contributed by atoms with Gasteiger partial charge < -0.3 is 33.7 Å². The summed E-state index contributed by atoms with van der Waals surface area (Å²) in [4.78, 5) is 25.0. The van der Waals surface area contributed by atoms with E-state index >= 15 is 0 Å². The van der Waals surface area contributed by atoms with E-state index < -0.39 is 30.6 Å². The second kappa shape index (κ2) is 19.6. The van der Waals surface area contributed by atoms with Gasteiger partial charge in [-0.25, -0.2) is 0 Å². The molecule has 1 heterocycles. The van der Waals surface area contributed by atoms with Crippen molar-refractivity contribution in [3.05, 3.63) is 144 Å². The quantitative estimate of drug-likeness (QED) is 0.126. The molecule has 1 saturated heterocycles. The summed E-state index contributed by atoms with van der Waals surface area (Å²) >= 11 is 0. The molecule has 1 fully saturated rings. The Bertz CT molecular complexity index is 1520. The number of esters is 1. The number of carbonyl (C=O) groups is 2. The molecule has 49 heavy (non-hydrogen) atoms. The van der Waals surface area contributed by atoms with Crippen molar-refractivity contribution < 1.29 is 38.0 Å². The molecule has 0 aliphatic carbocycles. The molecule has 4 aromatic carbocycles. The summed E-state index contributed by atoms with van der Waals surface area (Å²) in [5.41, 5.74) is 3.97. The van der Waals surface area contributed by atoms with Crippen molar-refractivity contribution in [2.75, 3.05) is 13.7 Å². The van der Waals surface area contributed by atoms with Crippen LogP contribution in [-0.2, 0) is 64.4 Å². The predicted molar refractivity (Wildman–Crippen MR) is 184 cm³/mol. The van der Waals surface area contributed by atoms with Gasteiger partial charge in [-0.05, 0) is 28.7 Å². The van der Waals surface area contributed by atoms with E-state index in [-0.39, 0.29) is 37.9 Å². The van der Waals surface area contributed by atoms with Gasteiger partial charge in [-0.1, -0.05) is 121 Å². The Morgan fingerprint density at radius 1 is 0.592 bits per heavy atom. The molecule has 0 saturated carbocycles. The van der Waals surface area contributed by atoms with Crippen molar-refractivity contribution >= 4 is 11.9 Å². The summed E-state index contributed by atoms with van der Waals surface area (Å²) in [5.74, 6) is -0.647. The molecule has 1 amide bonds. The molecular weight excluding hydrogens is 622 g/mol. The topological polar surface area (TPSA) is 102 Å². The van der Waals surface area contributed by atoms with Crippen molar-refractivity contribution in [3.8, 4) is 0 Å². The monoisotopic (exact) mass is 667 g/mol. The number of benzene rings is 4. The Morgan fingerprint density at radius 3 is 1.53 bits per heavy atom. The lowest BCUT2D eigenvalue weighted by Crippen LogP contribution is -2.65. The lowest BCUT2D eigenvalue weighted by molar-refractivity contribution is -0.277. The van der Waals surface area contributed by atoms with E-state index in [4.69, 9.17) is 28.4 Å². The van der Waals surface area contributed by atoms with Crippen LogP contribution in [0.15, 0.2) is 121 Å². The van der Waals surface area contributed by atoms with E-state index in [1.807, 2.05) is 121 Å². The van der Waals surface area contributed by atoms with Crippen LogP contribution in [0.3, 0.4) is 0 Å². The molecule has 0 aromatic heterocycles. The Balaban J connectivity index is 1.43. The summed E-state index contributed by atoms with van der Waals surface area (Å²) in [6, 6.07) is 39.5. The molecule has 9 heteroatoms.